The number of rotatable bonds is 4. The summed E-state index contributed by atoms with van der Waals surface area (Å²) in [5.41, 5.74) is 1.23. The average Bonchev–Trinajstić information content (AvgIpc) is 2.93. The Hall–Kier alpha value is -2.41. The van der Waals surface area contributed by atoms with Gasteiger partial charge in [0.05, 0.1) is 19.6 Å². The standard InChI is InChI=1S/C19H17F2NO3S/c1-11-3-5-15(6-4-11)26-19(18(24)25-2)10-16(23)22-17(19)12-7-13(20)9-14(21)8-12/h3-9,17H,10H2,1-2H3,(H,22,23)/t17?,19-/m1/s1. The van der Waals surface area contributed by atoms with E-state index in [1.165, 1.54) is 7.11 Å². The maximum atomic E-state index is 13.7. The molecular weight excluding hydrogens is 360 g/mol. The van der Waals surface area contributed by atoms with Gasteiger partial charge in [0.25, 0.3) is 0 Å². The minimum atomic E-state index is -1.36. The molecule has 0 bridgehead atoms. The van der Waals surface area contributed by atoms with E-state index in [1.807, 2.05) is 31.2 Å². The molecule has 0 aromatic heterocycles. The van der Waals surface area contributed by atoms with Crippen LogP contribution in [-0.4, -0.2) is 23.7 Å². The summed E-state index contributed by atoms with van der Waals surface area (Å²) in [5, 5.41) is 2.67. The first-order chi connectivity index (χ1) is 12.3. The molecular formula is C19H17F2NO3S. The first-order valence-electron chi connectivity index (χ1n) is 7.93. The third-order valence-corrected chi connectivity index (χ3v) is 5.68. The van der Waals surface area contributed by atoms with Gasteiger partial charge in [0, 0.05) is 11.0 Å². The Morgan fingerprint density at radius 1 is 1.19 bits per heavy atom. The molecule has 4 nitrogen and oxygen atoms in total. The van der Waals surface area contributed by atoms with E-state index < -0.39 is 28.4 Å². The van der Waals surface area contributed by atoms with E-state index >= 15 is 0 Å². The lowest BCUT2D eigenvalue weighted by molar-refractivity contribution is -0.144. The number of methoxy groups -OCH3 is 1. The SMILES string of the molecule is COC(=O)[C@@]1(Sc2ccc(C)cc2)CC(=O)NC1c1cc(F)cc(F)c1. The van der Waals surface area contributed by atoms with E-state index in [9.17, 15) is 18.4 Å². The summed E-state index contributed by atoms with van der Waals surface area (Å²) in [7, 11) is 1.23. The second-order valence-corrected chi connectivity index (χ2v) is 7.58. The molecule has 136 valence electrons. The Morgan fingerprint density at radius 2 is 1.81 bits per heavy atom. The maximum absolute atomic E-state index is 13.7. The molecule has 2 atom stereocenters. The van der Waals surface area contributed by atoms with Crippen LogP contribution in [0.3, 0.4) is 0 Å². The second kappa shape index (κ2) is 7.07. The zero-order chi connectivity index (χ0) is 18.9. The van der Waals surface area contributed by atoms with E-state index in [1.54, 1.807) is 0 Å². The summed E-state index contributed by atoms with van der Waals surface area (Å²) in [6.07, 6.45) is -0.152. The van der Waals surface area contributed by atoms with Crippen LogP contribution in [0.5, 0.6) is 0 Å². The zero-order valence-corrected chi connectivity index (χ0v) is 15.0. The molecule has 1 unspecified atom stereocenters. The number of benzene rings is 2. The highest BCUT2D eigenvalue weighted by molar-refractivity contribution is 8.01. The van der Waals surface area contributed by atoms with Crippen molar-refractivity contribution in [3.05, 3.63) is 65.2 Å². The van der Waals surface area contributed by atoms with Crippen LogP contribution in [-0.2, 0) is 14.3 Å². The van der Waals surface area contributed by atoms with Crippen LogP contribution >= 0.6 is 11.8 Å². The van der Waals surface area contributed by atoms with Crippen molar-refractivity contribution in [1.82, 2.24) is 5.32 Å². The lowest BCUT2D eigenvalue weighted by Gasteiger charge is -2.31. The van der Waals surface area contributed by atoms with Crippen LogP contribution in [0.4, 0.5) is 8.78 Å². The van der Waals surface area contributed by atoms with E-state index in [0.717, 1.165) is 40.4 Å². The maximum Gasteiger partial charge on any atom is 0.325 e. The van der Waals surface area contributed by atoms with Gasteiger partial charge in [0.1, 0.15) is 11.6 Å². The Bertz CT molecular complexity index is 836. The van der Waals surface area contributed by atoms with Crippen molar-refractivity contribution in [1.29, 1.82) is 0 Å². The third-order valence-electron chi connectivity index (χ3n) is 4.26. The number of halogens is 2. The van der Waals surface area contributed by atoms with Gasteiger partial charge < -0.3 is 10.1 Å². The minimum absolute atomic E-state index is 0.152. The molecule has 2 aromatic rings. The third kappa shape index (κ3) is 3.44. The number of esters is 1. The highest BCUT2D eigenvalue weighted by atomic mass is 32.2. The molecule has 26 heavy (non-hydrogen) atoms. The monoisotopic (exact) mass is 377 g/mol. The van der Waals surface area contributed by atoms with Crippen molar-refractivity contribution in [3.63, 3.8) is 0 Å². The lowest BCUT2D eigenvalue weighted by Crippen LogP contribution is -2.41. The quantitative estimate of drug-likeness (QED) is 0.828. The van der Waals surface area contributed by atoms with Crippen molar-refractivity contribution >= 4 is 23.6 Å². The van der Waals surface area contributed by atoms with E-state index in [-0.39, 0.29) is 17.9 Å². The first-order valence-corrected chi connectivity index (χ1v) is 8.75. The molecule has 1 fully saturated rings. The van der Waals surface area contributed by atoms with Gasteiger partial charge in [0.15, 0.2) is 4.75 Å². The largest absolute Gasteiger partial charge is 0.468 e. The number of amides is 1. The number of carbonyl (C=O) groups is 2. The fourth-order valence-corrected chi connectivity index (χ4v) is 4.46. The number of thioether (sulfide) groups is 1. The molecule has 1 aliphatic heterocycles. The first kappa shape index (κ1) is 18.4. The van der Waals surface area contributed by atoms with Crippen LogP contribution in [0.15, 0.2) is 47.4 Å². The topological polar surface area (TPSA) is 55.4 Å². The van der Waals surface area contributed by atoms with Crippen molar-refractivity contribution in [3.8, 4) is 0 Å². The molecule has 1 aliphatic rings. The van der Waals surface area contributed by atoms with Gasteiger partial charge >= 0.3 is 5.97 Å². The molecule has 0 aliphatic carbocycles. The smallest absolute Gasteiger partial charge is 0.325 e. The molecule has 0 spiro atoms. The molecule has 7 heteroatoms. The Kier molecular flexibility index (Phi) is 5.00. The highest BCUT2D eigenvalue weighted by Crippen LogP contribution is 2.49. The summed E-state index contributed by atoms with van der Waals surface area (Å²) in [6, 6.07) is 9.49. The summed E-state index contributed by atoms with van der Waals surface area (Å²) in [6.45, 7) is 1.93. The molecule has 1 N–H and O–H groups in total. The van der Waals surface area contributed by atoms with Gasteiger partial charge in [-0.15, -0.1) is 11.8 Å². The Balaban J connectivity index is 2.09. The van der Waals surface area contributed by atoms with Gasteiger partial charge in [0.2, 0.25) is 5.91 Å². The Labute approximate surface area is 153 Å². The van der Waals surface area contributed by atoms with Gasteiger partial charge in [-0.05, 0) is 36.8 Å². The van der Waals surface area contributed by atoms with Gasteiger partial charge in [-0.25, -0.2) is 8.78 Å². The number of aryl methyl sites for hydroxylation is 1. The summed E-state index contributed by atoms with van der Waals surface area (Å²) >= 11 is 1.16. The minimum Gasteiger partial charge on any atom is -0.468 e. The van der Waals surface area contributed by atoms with Crippen LogP contribution < -0.4 is 5.32 Å². The number of carbonyl (C=O) groups excluding carboxylic acids is 2. The van der Waals surface area contributed by atoms with Crippen molar-refractivity contribution in [2.24, 2.45) is 0 Å². The van der Waals surface area contributed by atoms with Crippen molar-refractivity contribution < 1.29 is 23.1 Å². The predicted molar refractivity (Wildman–Crippen MR) is 93.6 cm³/mol. The van der Waals surface area contributed by atoms with Crippen molar-refractivity contribution in [2.45, 2.75) is 29.0 Å². The average molecular weight is 377 g/mol. The molecule has 1 heterocycles. The molecule has 1 saturated heterocycles. The van der Waals surface area contributed by atoms with Crippen LogP contribution in [0.2, 0.25) is 0 Å². The number of nitrogens with one attached hydrogen (secondary N) is 1. The van der Waals surface area contributed by atoms with E-state index in [4.69, 9.17) is 4.74 Å². The van der Waals surface area contributed by atoms with Gasteiger partial charge in [-0.1, -0.05) is 17.7 Å². The highest BCUT2D eigenvalue weighted by Gasteiger charge is 2.55. The van der Waals surface area contributed by atoms with Crippen molar-refractivity contribution in [2.75, 3.05) is 7.11 Å². The second-order valence-electron chi connectivity index (χ2n) is 6.18. The van der Waals surface area contributed by atoms with Crippen LogP contribution in [0.1, 0.15) is 23.6 Å². The molecule has 0 radical (unpaired) electrons. The zero-order valence-electron chi connectivity index (χ0n) is 14.2. The van der Waals surface area contributed by atoms with Crippen LogP contribution in [0.25, 0.3) is 0 Å². The fraction of sp³-hybridized carbons (Fsp3) is 0.263. The number of hydrogen-bond acceptors (Lipinski definition) is 4. The molecule has 3 rings (SSSR count). The summed E-state index contributed by atoms with van der Waals surface area (Å²) < 4.78 is 31.0. The van der Waals surface area contributed by atoms with E-state index in [0.29, 0.717) is 0 Å². The summed E-state index contributed by atoms with van der Waals surface area (Å²) in [4.78, 5) is 25.6. The normalized spacial score (nSPS) is 22.2. The van der Waals surface area contributed by atoms with E-state index in [2.05, 4.69) is 5.32 Å². The summed E-state index contributed by atoms with van der Waals surface area (Å²) in [5.74, 6) is -2.57. The lowest BCUT2D eigenvalue weighted by atomic mass is 9.93. The molecule has 0 saturated carbocycles. The molecule has 1 amide bonds. The van der Waals surface area contributed by atoms with Gasteiger partial charge in [-0.2, -0.15) is 0 Å². The van der Waals surface area contributed by atoms with Crippen LogP contribution in [0, 0.1) is 18.6 Å². The predicted octanol–water partition coefficient (Wildman–Crippen LogP) is 3.54. The number of ether oxygens (including phenoxy) is 1. The fourth-order valence-electron chi connectivity index (χ4n) is 3.08. The van der Waals surface area contributed by atoms with Gasteiger partial charge in [-0.3, -0.25) is 9.59 Å². The molecule has 2 aromatic carbocycles. The Morgan fingerprint density at radius 3 is 2.38 bits per heavy atom. The number of hydrogen-bond donors (Lipinski definition) is 1.